The Balaban J connectivity index is 1.62. The predicted octanol–water partition coefficient (Wildman–Crippen LogP) is 2.06. The molecule has 27 heavy (non-hydrogen) atoms. The molecule has 2 aromatic rings. The number of amides is 2. The number of benzene rings is 2. The molecule has 3 rings (SSSR count). The predicted molar refractivity (Wildman–Crippen MR) is 104 cm³/mol. The van der Waals surface area contributed by atoms with E-state index >= 15 is 0 Å². The van der Waals surface area contributed by atoms with E-state index in [4.69, 9.17) is 4.74 Å². The molecule has 3 N–H and O–H groups in total. The van der Waals surface area contributed by atoms with Crippen LogP contribution in [0.15, 0.2) is 59.6 Å². The van der Waals surface area contributed by atoms with Gasteiger partial charge in [-0.2, -0.15) is 0 Å². The van der Waals surface area contributed by atoms with Crippen molar-refractivity contribution in [1.29, 1.82) is 0 Å². The number of anilines is 1. The summed E-state index contributed by atoms with van der Waals surface area (Å²) in [6.07, 6.45) is 0.0229. The van der Waals surface area contributed by atoms with Crippen LogP contribution < -0.4 is 20.7 Å². The third kappa shape index (κ3) is 5.31. The minimum absolute atomic E-state index is 0.0229. The van der Waals surface area contributed by atoms with Crippen molar-refractivity contribution in [2.45, 2.75) is 25.9 Å². The minimum Gasteiger partial charge on any atom is -0.494 e. The van der Waals surface area contributed by atoms with Crippen LogP contribution in [0.5, 0.6) is 5.75 Å². The Morgan fingerprint density at radius 2 is 1.93 bits per heavy atom. The van der Waals surface area contributed by atoms with Crippen molar-refractivity contribution in [1.82, 2.24) is 10.6 Å². The van der Waals surface area contributed by atoms with Gasteiger partial charge < -0.3 is 15.4 Å². The maximum absolute atomic E-state index is 12.4. The van der Waals surface area contributed by atoms with Crippen molar-refractivity contribution in [3.63, 3.8) is 0 Å². The number of carbonyl (C=O) groups is 2. The number of rotatable bonds is 6. The molecule has 0 saturated carbocycles. The molecule has 0 fully saturated rings. The van der Waals surface area contributed by atoms with Gasteiger partial charge in [-0.05, 0) is 36.8 Å². The second-order valence-corrected chi connectivity index (χ2v) is 6.03. The molecular formula is C20H22N4O3. The number of ether oxygens (including phenoxy) is 1. The van der Waals surface area contributed by atoms with E-state index < -0.39 is 6.04 Å². The maximum Gasteiger partial charge on any atom is 0.245 e. The van der Waals surface area contributed by atoms with Gasteiger partial charge in [0.15, 0.2) is 0 Å². The van der Waals surface area contributed by atoms with Gasteiger partial charge >= 0.3 is 0 Å². The van der Waals surface area contributed by atoms with Crippen LogP contribution in [-0.2, 0) is 16.1 Å². The quantitative estimate of drug-likeness (QED) is 0.730. The molecule has 7 nitrogen and oxygen atoms in total. The van der Waals surface area contributed by atoms with E-state index in [0.29, 0.717) is 13.2 Å². The van der Waals surface area contributed by atoms with Gasteiger partial charge in [0.25, 0.3) is 0 Å². The van der Waals surface area contributed by atoms with E-state index in [0.717, 1.165) is 17.0 Å². The molecular weight excluding hydrogens is 344 g/mol. The third-order valence-corrected chi connectivity index (χ3v) is 3.96. The topological polar surface area (TPSA) is 91.8 Å². The first-order valence-corrected chi connectivity index (χ1v) is 8.83. The van der Waals surface area contributed by atoms with Crippen molar-refractivity contribution in [2.24, 2.45) is 4.99 Å². The summed E-state index contributed by atoms with van der Waals surface area (Å²) in [5, 5.41) is 8.50. The van der Waals surface area contributed by atoms with E-state index in [9.17, 15) is 9.59 Å². The zero-order valence-corrected chi connectivity index (χ0v) is 15.1. The maximum atomic E-state index is 12.4. The average molecular weight is 366 g/mol. The molecule has 0 radical (unpaired) electrons. The molecule has 1 aliphatic rings. The third-order valence-electron chi connectivity index (χ3n) is 3.96. The van der Waals surface area contributed by atoms with Crippen LogP contribution >= 0.6 is 0 Å². The van der Waals surface area contributed by atoms with Crippen molar-refractivity contribution in [3.8, 4) is 5.75 Å². The lowest BCUT2D eigenvalue weighted by Crippen LogP contribution is -2.47. The number of hydrogen-bond acceptors (Lipinski definition) is 5. The Kier molecular flexibility index (Phi) is 6.04. The Bertz CT molecular complexity index is 819. The highest BCUT2D eigenvalue weighted by Gasteiger charge is 2.26. The largest absolute Gasteiger partial charge is 0.494 e. The molecule has 0 aromatic heterocycles. The Hall–Kier alpha value is -3.35. The summed E-state index contributed by atoms with van der Waals surface area (Å²) < 4.78 is 5.40. The molecule has 0 unspecified atom stereocenters. The number of nitrogens with zero attached hydrogens (tertiary/aromatic N) is 1. The average Bonchev–Trinajstić information content (AvgIpc) is 2.68. The van der Waals surface area contributed by atoms with Crippen molar-refractivity contribution >= 4 is 23.5 Å². The zero-order chi connectivity index (χ0) is 19.1. The van der Waals surface area contributed by atoms with Crippen LogP contribution in [0.4, 0.5) is 5.69 Å². The summed E-state index contributed by atoms with van der Waals surface area (Å²) in [4.78, 5) is 28.7. The fraction of sp³-hybridized carbons (Fsp3) is 0.250. The van der Waals surface area contributed by atoms with Crippen LogP contribution in [0.2, 0.25) is 0 Å². The normalized spacial score (nSPS) is 16.1. The highest BCUT2D eigenvalue weighted by Crippen LogP contribution is 2.16. The monoisotopic (exact) mass is 366 g/mol. The summed E-state index contributed by atoms with van der Waals surface area (Å²) in [6, 6.07) is 16.1. The van der Waals surface area contributed by atoms with Crippen LogP contribution in [-0.4, -0.2) is 30.4 Å². The lowest BCUT2D eigenvalue weighted by atomic mass is 10.1. The molecule has 0 saturated heterocycles. The lowest BCUT2D eigenvalue weighted by molar-refractivity contribution is -0.127. The first kappa shape index (κ1) is 18.4. The van der Waals surface area contributed by atoms with E-state index in [1.807, 2.05) is 61.5 Å². The summed E-state index contributed by atoms with van der Waals surface area (Å²) >= 11 is 0. The smallest absolute Gasteiger partial charge is 0.245 e. The number of carbonyl (C=O) groups excluding carboxylic acids is 2. The number of guanidine groups is 1. The van der Waals surface area contributed by atoms with Crippen molar-refractivity contribution in [2.75, 3.05) is 11.9 Å². The summed E-state index contributed by atoms with van der Waals surface area (Å²) in [5.74, 6) is 0.490. The standard InChI is InChI=1S/C20H22N4O3/c1-2-27-16-10-8-15(9-11-16)22-20-23-17(12-18(25)24-20)19(26)21-13-14-6-4-3-5-7-14/h3-11,17H,2,12-13H2,1H3,(H,21,26)(H2,22,23,24,25)/t17-/m1/s1. The van der Waals surface area contributed by atoms with Crippen LogP contribution in [0.25, 0.3) is 0 Å². The highest BCUT2D eigenvalue weighted by molar-refractivity contribution is 6.08. The molecule has 2 amide bonds. The van der Waals surface area contributed by atoms with Gasteiger partial charge in [0.1, 0.15) is 11.8 Å². The molecule has 0 spiro atoms. The number of aliphatic imine (C=N–C) groups is 1. The van der Waals surface area contributed by atoms with Gasteiger partial charge in [-0.3, -0.25) is 14.9 Å². The van der Waals surface area contributed by atoms with Gasteiger partial charge in [-0.15, -0.1) is 0 Å². The summed E-state index contributed by atoms with van der Waals surface area (Å²) in [5.41, 5.74) is 1.73. The second kappa shape index (κ2) is 8.84. The van der Waals surface area contributed by atoms with Gasteiger partial charge in [0.05, 0.1) is 13.0 Å². The number of hydrogen-bond donors (Lipinski definition) is 3. The molecule has 1 atom stereocenters. The SMILES string of the molecule is CCOc1ccc(NC2=N[C@@H](C(=O)NCc3ccccc3)CC(=O)N2)cc1. The van der Waals surface area contributed by atoms with E-state index in [-0.39, 0.29) is 24.2 Å². The van der Waals surface area contributed by atoms with Gasteiger partial charge in [0, 0.05) is 12.2 Å². The lowest BCUT2D eigenvalue weighted by Gasteiger charge is -2.21. The fourth-order valence-electron chi connectivity index (χ4n) is 2.65. The molecule has 0 aliphatic carbocycles. The second-order valence-electron chi connectivity index (χ2n) is 6.03. The van der Waals surface area contributed by atoms with Gasteiger partial charge in [0.2, 0.25) is 17.8 Å². The zero-order valence-electron chi connectivity index (χ0n) is 15.1. The molecule has 1 aliphatic heterocycles. The first-order chi connectivity index (χ1) is 13.1. The van der Waals surface area contributed by atoms with Gasteiger partial charge in [-0.1, -0.05) is 30.3 Å². The molecule has 140 valence electrons. The molecule has 1 heterocycles. The van der Waals surface area contributed by atoms with E-state index in [2.05, 4.69) is 20.9 Å². The van der Waals surface area contributed by atoms with Crippen molar-refractivity contribution in [3.05, 3.63) is 60.2 Å². The van der Waals surface area contributed by atoms with Gasteiger partial charge in [-0.25, -0.2) is 4.99 Å². The van der Waals surface area contributed by atoms with Crippen molar-refractivity contribution < 1.29 is 14.3 Å². The fourth-order valence-corrected chi connectivity index (χ4v) is 2.65. The molecule has 0 bridgehead atoms. The Labute approximate surface area is 157 Å². The Morgan fingerprint density at radius 1 is 1.19 bits per heavy atom. The summed E-state index contributed by atoms with van der Waals surface area (Å²) in [7, 11) is 0. The molecule has 7 heteroatoms. The minimum atomic E-state index is -0.757. The van der Waals surface area contributed by atoms with Crippen LogP contribution in [0, 0.1) is 0 Å². The van der Waals surface area contributed by atoms with E-state index in [1.165, 1.54) is 0 Å². The highest BCUT2D eigenvalue weighted by atomic mass is 16.5. The summed E-state index contributed by atoms with van der Waals surface area (Å²) in [6.45, 7) is 2.91. The van der Waals surface area contributed by atoms with E-state index in [1.54, 1.807) is 0 Å². The molecule has 2 aromatic carbocycles. The Morgan fingerprint density at radius 3 is 2.63 bits per heavy atom. The van der Waals surface area contributed by atoms with Crippen LogP contribution in [0.3, 0.4) is 0 Å². The van der Waals surface area contributed by atoms with Crippen LogP contribution in [0.1, 0.15) is 18.9 Å². The first-order valence-electron chi connectivity index (χ1n) is 8.83. The number of nitrogens with one attached hydrogen (secondary N) is 3.